The van der Waals surface area contributed by atoms with Gasteiger partial charge in [-0.15, -0.1) is 0 Å². The number of amides is 1. The highest BCUT2D eigenvalue weighted by Crippen LogP contribution is 2.34. The van der Waals surface area contributed by atoms with Gasteiger partial charge in [0, 0.05) is 16.8 Å². The van der Waals surface area contributed by atoms with Crippen LogP contribution in [0.3, 0.4) is 0 Å². The van der Waals surface area contributed by atoms with E-state index in [1.165, 1.54) is 18.0 Å². The number of nitriles is 1. The lowest BCUT2D eigenvalue weighted by Crippen LogP contribution is -2.31. The van der Waals surface area contributed by atoms with Crippen molar-refractivity contribution >= 4 is 35.4 Å². The second-order valence-electron chi connectivity index (χ2n) is 7.37. The first-order chi connectivity index (χ1) is 17.6. The number of fused-ring (bicyclic) bond motifs is 1. The van der Waals surface area contributed by atoms with Crippen molar-refractivity contribution in [3.8, 4) is 17.6 Å². The quantitative estimate of drug-likeness (QED) is 0.210. The number of rotatable bonds is 8. The molecule has 0 aromatic heterocycles. The van der Waals surface area contributed by atoms with Crippen LogP contribution < -0.4 is 25.6 Å². The summed E-state index contributed by atoms with van der Waals surface area (Å²) < 4.78 is 10.9. The molecule has 3 aromatic rings. The summed E-state index contributed by atoms with van der Waals surface area (Å²) in [6, 6.07) is 23.9. The van der Waals surface area contributed by atoms with Gasteiger partial charge in [0.25, 0.3) is 0 Å². The molecule has 1 aliphatic rings. The van der Waals surface area contributed by atoms with Gasteiger partial charge in [-0.2, -0.15) is 15.5 Å². The van der Waals surface area contributed by atoms with Gasteiger partial charge in [-0.25, -0.2) is 5.43 Å². The first kappa shape index (κ1) is 24.4. The van der Waals surface area contributed by atoms with Gasteiger partial charge >= 0.3 is 0 Å². The summed E-state index contributed by atoms with van der Waals surface area (Å²) in [5, 5.41) is 17.7. The smallest absolute Gasteiger partial charge is 0.250 e. The van der Waals surface area contributed by atoms with Crippen LogP contribution in [0, 0.1) is 11.3 Å². The first-order valence-corrected chi connectivity index (χ1v) is 11.7. The van der Waals surface area contributed by atoms with Gasteiger partial charge < -0.3 is 15.3 Å². The van der Waals surface area contributed by atoms with E-state index in [1.807, 2.05) is 36.4 Å². The van der Waals surface area contributed by atoms with Gasteiger partial charge in [0.1, 0.15) is 0 Å². The monoisotopic (exact) mass is 498 g/mol. The first-order valence-electron chi connectivity index (χ1n) is 10.8. The molecule has 0 aliphatic carbocycles. The Morgan fingerprint density at radius 1 is 1.14 bits per heavy atom. The molecule has 4 rings (SSSR count). The number of para-hydroxylation sites is 1. The molecule has 3 N–H and O–H groups in total. The van der Waals surface area contributed by atoms with Crippen LogP contribution in [-0.2, 0) is 4.79 Å². The second kappa shape index (κ2) is 11.6. The number of nitrogens with one attached hydrogen (secondary N) is 1. The van der Waals surface area contributed by atoms with Crippen LogP contribution in [0.1, 0.15) is 16.7 Å². The van der Waals surface area contributed by atoms with E-state index in [0.717, 1.165) is 5.69 Å². The van der Waals surface area contributed by atoms with E-state index < -0.39 is 0 Å². The lowest BCUT2D eigenvalue weighted by molar-refractivity contribution is -0.118. The van der Waals surface area contributed by atoms with Gasteiger partial charge in [-0.1, -0.05) is 54.7 Å². The fourth-order valence-corrected chi connectivity index (χ4v) is 4.07. The van der Waals surface area contributed by atoms with E-state index in [2.05, 4.69) is 28.3 Å². The van der Waals surface area contributed by atoms with Crippen molar-refractivity contribution in [3.05, 3.63) is 101 Å². The topological polar surface area (TPSA) is 125 Å². The summed E-state index contributed by atoms with van der Waals surface area (Å²) >= 11 is 1.21. The third-order valence-corrected chi connectivity index (χ3v) is 5.99. The van der Waals surface area contributed by atoms with Gasteiger partial charge in [0.05, 0.1) is 28.6 Å². The van der Waals surface area contributed by atoms with Crippen LogP contribution in [0.5, 0.6) is 11.5 Å². The molecule has 0 radical (unpaired) electrons. The van der Waals surface area contributed by atoms with E-state index in [9.17, 15) is 4.79 Å². The molecule has 36 heavy (non-hydrogen) atoms. The number of carbonyl (C=O) groups excluding carboxylic acids is 1. The maximum Gasteiger partial charge on any atom is 0.250 e. The Morgan fingerprint density at radius 3 is 2.67 bits per heavy atom. The summed E-state index contributed by atoms with van der Waals surface area (Å²) in [4.78, 5) is 14.2. The minimum atomic E-state index is -0.339. The van der Waals surface area contributed by atoms with E-state index >= 15 is 0 Å². The Balaban J connectivity index is 1.47. The summed E-state index contributed by atoms with van der Waals surface area (Å²) in [6.07, 6.45) is 1.44. The third kappa shape index (κ3) is 5.65. The van der Waals surface area contributed by atoms with Crippen molar-refractivity contribution in [1.29, 1.82) is 5.26 Å². The largest absolute Gasteiger partial charge is 0.454 e. The molecular weight excluding hydrogens is 476 g/mol. The van der Waals surface area contributed by atoms with Gasteiger partial charge in [0.2, 0.25) is 12.7 Å². The van der Waals surface area contributed by atoms with Crippen LogP contribution in [0.4, 0.5) is 5.69 Å². The molecule has 0 spiro atoms. The van der Waals surface area contributed by atoms with Crippen molar-refractivity contribution in [2.45, 2.75) is 0 Å². The number of benzene rings is 3. The normalized spacial score (nSPS) is 12.2. The molecular formula is C26H22N6O3S. The van der Waals surface area contributed by atoms with Crippen molar-refractivity contribution in [3.63, 3.8) is 0 Å². The number of ether oxygens (including phenoxy) is 2. The summed E-state index contributed by atoms with van der Waals surface area (Å²) in [5.41, 5.74) is 5.01. The Kier molecular flexibility index (Phi) is 7.85. The van der Waals surface area contributed by atoms with E-state index in [1.54, 1.807) is 41.3 Å². The molecule has 180 valence electrons. The number of nitrogens with two attached hydrogens (primary N) is 1. The van der Waals surface area contributed by atoms with Gasteiger partial charge in [-0.05, 0) is 36.4 Å². The van der Waals surface area contributed by atoms with Gasteiger partial charge in [-0.3, -0.25) is 9.69 Å². The maximum absolute atomic E-state index is 12.4. The summed E-state index contributed by atoms with van der Waals surface area (Å²) in [6.45, 7) is 4.31. The second-order valence-corrected chi connectivity index (χ2v) is 8.41. The highest BCUT2D eigenvalue weighted by atomic mass is 32.2. The summed E-state index contributed by atoms with van der Waals surface area (Å²) in [7, 11) is 0. The molecule has 0 atom stereocenters. The van der Waals surface area contributed by atoms with Crippen molar-refractivity contribution in [1.82, 2.24) is 5.43 Å². The van der Waals surface area contributed by atoms with E-state index in [-0.39, 0.29) is 18.5 Å². The average molecular weight is 499 g/mol. The SMILES string of the molecule is C=C(SCC(=O)N/N=C/c1ccccc1C#N)N(/C(=N\N)c1ccc2c(c1)OCO2)c1ccccc1. The Bertz CT molecular complexity index is 1370. The molecule has 0 saturated carbocycles. The Labute approximate surface area is 212 Å². The zero-order valence-corrected chi connectivity index (χ0v) is 19.9. The predicted octanol–water partition coefficient (Wildman–Crippen LogP) is 3.77. The Morgan fingerprint density at radius 2 is 1.89 bits per heavy atom. The average Bonchev–Trinajstić information content (AvgIpc) is 3.39. The number of amidine groups is 1. The minimum Gasteiger partial charge on any atom is -0.454 e. The van der Waals surface area contributed by atoms with Crippen molar-refractivity contribution in [2.24, 2.45) is 16.0 Å². The zero-order valence-electron chi connectivity index (χ0n) is 19.1. The highest BCUT2D eigenvalue weighted by molar-refractivity contribution is 8.03. The molecule has 0 unspecified atom stereocenters. The van der Waals surface area contributed by atoms with Gasteiger partial charge in [0.15, 0.2) is 17.3 Å². The van der Waals surface area contributed by atoms with Crippen molar-refractivity contribution in [2.75, 3.05) is 17.4 Å². The maximum atomic E-state index is 12.4. The van der Waals surface area contributed by atoms with Crippen LogP contribution in [-0.4, -0.2) is 30.5 Å². The molecule has 0 fully saturated rings. The number of carbonyl (C=O) groups is 1. The standard InChI is InChI=1S/C26H22N6O3S/c1-18(36-16-25(33)31-29-15-21-8-6-5-7-20(21)14-27)32(22-9-3-2-4-10-22)26(30-28)19-11-12-23-24(13-19)35-17-34-23/h2-13,15H,1,16-17,28H2,(H,31,33)/b29-15+,30-26-. The fourth-order valence-electron chi connectivity index (χ4n) is 3.39. The van der Waals surface area contributed by atoms with Crippen molar-refractivity contribution < 1.29 is 14.3 Å². The molecule has 1 amide bonds. The minimum absolute atomic E-state index is 0.0401. The molecule has 10 heteroatoms. The van der Waals surface area contributed by atoms with E-state index in [0.29, 0.717) is 39.1 Å². The number of nitrogens with zero attached hydrogens (tertiary/aromatic N) is 4. The number of hydrogen-bond acceptors (Lipinski definition) is 8. The van der Waals surface area contributed by atoms with E-state index in [4.69, 9.17) is 20.6 Å². The lowest BCUT2D eigenvalue weighted by Gasteiger charge is -2.27. The summed E-state index contributed by atoms with van der Waals surface area (Å²) in [5.74, 6) is 7.19. The number of hydrogen-bond donors (Lipinski definition) is 2. The van der Waals surface area contributed by atoms with Crippen LogP contribution in [0.25, 0.3) is 0 Å². The third-order valence-electron chi connectivity index (χ3n) is 5.07. The molecule has 1 aliphatic heterocycles. The molecule has 0 saturated heterocycles. The lowest BCUT2D eigenvalue weighted by atomic mass is 10.1. The number of hydrazone groups is 2. The van der Waals surface area contributed by atoms with Crippen LogP contribution in [0.2, 0.25) is 0 Å². The molecule has 1 heterocycles. The highest BCUT2D eigenvalue weighted by Gasteiger charge is 2.23. The number of anilines is 1. The molecule has 0 bridgehead atoms. The zero-order chi connectivity index (χ0) is 25.3. The molecule has 9 nitrogen and oxygen atoms in total. The van der Waals surface area contributed by atoms with Crippen LogP contribution in [0.15, 0.2) is 94.6 Å². The Hall–Kier alpha value is -4.75. The molecule has 3 aromatic carbocycles. The predicted molar refractivity (Wildman–Crippen MR) is 141 cm³/mol. The number of thioether (sulfide) groups is 1. The fraction of sp³-hybridized carbons (Fsp3) is 0.0769. The van der Waals surface area contributed by atoms with Crippen LogP contribution >= 0.6 is 11.8 Å².